The molecule has 0 saturated heterocycles. The maximum Gasteiger partial charge on any atom is 0.349 e. The molecule has 0 spiro atoms. The Balaban J connectivity index is 1.89. The van der Waals surface area contributed by atoms with Crippen molar-refractivity contribution >= 4 is 29.3 Å². The SMILES string of the molecule is COCCN1C(=O)N=C2C=CC=CC2/C1=N/C(=O)Nc1cccc(C)c1. The van der Waals surface area contributed by atoms with E-state index in [1.807, 2.05) is 37.3 Å². The van der Waals surface area contributed by atoms with E-state index in [4.69, 9.17) is 4.74 Å². The summed E-state index contributed by atoms with van der Waals surface area (Å²) in [6, 6.07) is 6.45. The van der Waals surface area contributed by atoms with Gasteiger partial charge in [-0.25, -0.2) is 9.59 Å². The summed E-state index contributed by atoms with van der Waals surface area (Å²) in [4.78, 5) is 34.5. The summed E-state index contributed by atoms with van der Waals surface area (Å²) in [5, 5.41) is 2.74. The monoisotopic (exact) mass is 352 g/mol. The highest BCUT2D eigenvalue weighted by atomic mass is 16.5. The van der Waals surface area contributed by atoms with Crippen molar-refractivity contribution in [3.63, 3.8) is 0 Å². The van der Waals surface area contributed by atoms with Crippen molar-refractivity contribution in [1.29, 1.82) is 0 Å². The Morgan fingerprint density at radius 3 is 3.00 bits per heavy atom. The topological polar surface area (TPSA) is 83.4 Å². The van der Waals surface area contributed by atoms with Crippen LogP contribution in [0.15, 0.2) is 58.6 Å². The number of anilines is 1. The Kier molecular flexibility index (Phi) is 5.38. The summed E-state index contributed by atoms with van der Waals surface area (Å²) < 4.78 is 5.06. The van der Waals surface area contributed by atoms with Gasteiger partial charge in [-0.1, -0.05) is 30.4 Å². The summed E-state index contributed by atoms with van der Waals surface area (Å²) >= 11 is 0. The van der Waals surface area contributed by atoms with Gasteiger partial charge >= 0.3 is 12.1 Å². The van der Waals surface area contributed by atoms with E-state index in [9.17, 15) is 9.59 Å². The number of fused-ring (bicyclic) bond motifs is 1. The Hall–Kier alpha value is -3.06. The maximum atomic E-state index is 12.4. The van der Waals surface area contributed by atoms with Gasteiger partial charge in [-0.2, -0.15) is 9.98 Å². The zero-order chi connectivity index (χ0) is 18.5. The number of carbonyl (C=O) groups is 2. The Bertz CT molecular complexity index is 839. The molecule has 0 fully saturated rings. The smallest absolute Gasteiger partial charge is 0.349 e. The molecule has 1 aromatic rings. The molecular weight excluding hydrogens is 332 g/mol. The molecular formula is C19H20N4O3. The molecule has 1 unspecified atom stereocenters. The van der Waals surface area contributed by atoms with E-state index in [1.165, 1.54) is 4.90 Å². The molecule has 2 aliphatic rings. The van der Waals surface area contributed by atoms with Crippen LogP contribution in [-0.2, 0) is 4.74 Å². The number of aryl methyl sites for hydroxylation is 1. The zero-order valence-corrected chi connectivity index (χ0v) is 14.7. The third kappa shape index (κ3) is 3.94. The highest BCUT2D eigenvalue weighted by Crippen LogP contribution is 2.21. The molecule has 7 nitrogen and oxygen atoms in total. The van der Waals surface area contributed by atoms with Crippen LogP contribution in [-0.4, -0.2) is 48.8 Å². The summed E-state index contributed by atoms with van der Waals surface area (Å²) in [5.41, 5.74) is 2.26. The number of benzene rings is 1. The van der Waals surface area contributed by atoms with Crippen molar-refractivity contribution in [2.75, 3.05) is 25.6 Å². The Morgan fingerprint density at radius 2 is 2.23 bits per heavy atom. The molecule has 3 rings (SSSR count). The van der Waals surface area contributed by atoms with Crippen molar-refractivity contribution in [2.45, 2.75) is 6.92 Å². The second-order valence-corrected chi connectivity index (χ2v) is 5.96. The van der Waals surface area contributed by atoms with Crippen molar-refractivity contribution in [2.24, 2.45) is 15.9 Å². The van der Waals surface area contributed by atoms with Crippen LogP contribution in [0.2, 0.25) is 0 Å². The molecule has 0 saturated carbocycles. The number of urea groups is 2. The first-order valence-corrected chi connectivity index (χ1v) is 8.28. The molecule has 0 aromatic heterocycles. The average Bonchev–Trinajstić information content (AvgIpc) is 2.61. The average molecular weight is 352 g/mol. The number of methoxy groups -OCH3 is 1. The normalized spacial score (nSPS) is 20.2. The van der Waals surface area contributed by atoms with Gasteiger partial charge in [-0.3, -0.25) is 4.90 Å². The van der Waals surface area contributed by atoms with Crippen molar-refractivity contribution < 1.29 is 14.3 Å². The number of hydrogen-bond donors (Lipinski definition) is 1. The number of allylic oxidation sites excluding steroid dienone is 3. The minimum atomic E-state index is -0.537. The van der Waals surface area contributed by atoms with Crippen LogP contribution in [0.5, 0.6) is 0 Å². The van der Waals surface area contributed by atoms with Crippen LogP contribution < -0.4 is 5.32 Å². The summed E-state index contributed by atoms with van der Waals surface area (Å²) in [6.45, 7) is 2.54. The number of hydrogen-bond acceptors (Lipinski definition) is 3. The molecule has 7 heteroatoms. The third-order valence-electron chi connectivity index (χ3n) is 4.02. The molecule has 0 bridgehead atoms. The fourth-order valence-corrected chi connectivity index (χ4v) is 2.79. The number of ether oxygens (including phenoxy) is 1. The quantitative estimate of drug-likeness (QED) is 0.903. The zero-order valence-electron chi connectivity index (χ0n) is 14.7. The van der Waals surface area contributed by atoms with E-state index in [0.29, 0.717) is 23.8 Å². The number of nitrogens with zero attached hydrogens (tertiary/aromatic N) is 3. The van der Waals surface area contributed by atoms with E-state index in [0.717, 1.165) is 5.56 Å². The molecule has 1 N–H and O–H groups in total. The van der Waals surface area contributed by atoms with Gasteiger partial charge in [0.25, 0.3) is 0 Å². The number of nitrogens with one attached hydrogen (secondary N) is 1. The number of carbonyl (C=O) groups excluding carboxylic acids is 2. The highest BCUT2D eigenvalue weighted by Gasteiger charge is 2.34. The van der Waals surface area contributed by atoms with Gasteiger partial charge in [0.15, 0.2) is 0 Å². The van der Waals surface area contributed by atoms with Crippen molar-refractivity contribution in [3.05, 3.63) is 54.1 Å². The lowest BCUT2D eigenvalue weighted by Gasteiger charge is -2.31. The minimum absolute atomic E-state index is 0.275. The predicted octanol–water partition coefficient (Wildman–Crippen LogP) is 3.19. The maximum absolute atomic E-state index is 12.4. The Labute approximate surface area is 151 Å². The fraction of sp³-hybridized carbons (Fsp3) is 0.263. The van der Waals surface area contributed by atoms with E-state index >= 15 is 0 Å². The largest absolute Gasteiger partial charge is 0.383 e. The fourth-order valence-electron chi connectivity index (χ4n) is 2.79. The molecule has 26 heavy (non-hydrogen) atoms. The van der Waals surface area contributed by atoms with Gasteiger partial charge < -0.3 is 10.1 Å². The molecule has 1 heterocycles. The lowest BCUT2D eigenvalue weighted by molar-refractivity contribution is 0.174. The van der Waals surface area contributed by atoms with Gasteiger partial charge in [0.05, 0.1) is 24.8 Å². The number of amidine groups is 1. The summed E-state index contributed by atoms with van der Waals surface area (Å²) in [7, 11) is 1.55. The number of rotatable bonds is 4. The Morgan fingerprint density at radius 1 is 1.38 bits per heavy atom. The van der Waals surface area contributed by atoms with Gasteiger partial charge in [-0.15, -0.1) is 0 Å². The minimum Gasteiger partial charge on any atom is -0.383 e. The van der Waals surface area contributed by atoms with E-state index < -0.39 is 12.1 Å². The standard InChI is InChI=1S/C19H20N4O3/c1-13-6-5-7-14(12-13)20-18(24)22-17-15-8-3-4-9-16(15)21-19(25)23(17)10-11-26-2/h3-9,12,15H,10-11H2,1-2H3,(H,20,24)/b22-17-. The van der Waals surface area contributed by atoms with Crippen molar-refractivity contribution in [3.8, 4) is 0 Å². The second kappa shape index (κ2) is 7.88. The van der Waals surface area contributed by atoms with Gasteiger partial charge in [0.1, 0.15) is 5.84 Å². The van der Waals surface area contributed by atoms with Crippen molar-refractivity contribution in [1.82, 2.24) is 4.90 Å². The molecule has 0 radical (unpaired) electrons. The van der Waals surface area contributed by atoms with E-state index in [-0.39, 0.29) is 12.5 Å². The number of amides is 4. The van der Waals surface area contributed by atoms with Crippen LogP contribution in [0.25, 0.3) is 0 Å². The molecule has 1 atom stereocenters. The van der Waals surface area contributed by atoms with E-state index in [1.54, 1.807) is 25.3 Å². The predicted molar refractivity (Wildman–Crippen MR) is 101 cm³/mol. The first-order valence-electron chi connectivity index (χ1n) is 8.28. The summed E-state index contributed by atoms with van der Waals surface area (Å²) in [5.74, 6) is 0.0145. The van der Waals surface area contributed by atoms with Crippen LogP contribution in [0.3, 0.4) is 0 Å². The molecule has 4 amide bonds. The van der Waals surface area contributed by atoms with Crippen LogP contribution >= 0.6 is 0 Å². The first-order chi connectivity index (χ1) is 12.6. The van der Waals surface area contributed by atoms with Crippen LogP contribution in [0.4, 0.5) is 15.3 Å². The van der Waals surface area contributed by atoms with Crippen LogP contribution in [0, 0.1) is 12.8 Å². The molecule has 1 aliphatic heterocycles. The van der Waals surface area contributed by atoms with E-state index in [2.05, 4.69) is 15.3 Å². The second-order valence-electron chi connectivity index (χ2n) is 5.96. The third-order valence-corrected chi connectivity index (χ3v) is 4.02. The summed E-state index contributed by atoms with van der Waals surface area (Å²) in [6.07, 6.45) is 7.27. The lowest BCUT2D eigenvalue weighted by Crippen LogP contribution is -2.48. The molecule has 1 aromatic carbocycles. The molecule has 134 valence electrons. The molecule has 1 aliphatic carbocycles. The van der Waals surface area contributed by atoms with Crippen LogP contribution in [0.1, 0.15) is 5.56 Å². The lowest BCUT2D eigenvalue weighted by atomic mass is 9.95. The number of aliphatic imine (C=N–C) groups is 2. The first kappa shape index (κ1) is 17.8. The van der Waals surface area contributed by atoms with Gasteiger partial charge in [0.2, 0.25) is 0 Å². The highest BCUT2D eigenvalue weighted by molar-refractivity contribution is 6.24. The van der Waals surface area contributed by atoms with Gasteiger partial charge in [-0.05, 0) is 30.7 Å². The van der Waals surface area contributed by atoms with Gasteiger partial charge in [0, 0.05) is 12.8 Å².